The van der Waals surface area contributed by atoms with E-state index in [1.165, 1.54) is 0 Å². The van der Waals surface area contributed by atoms with Gasteiger partial charge in [-0.2, -0.15) is 17.3 Å². The lowest BCUT2D eigenvalue weighted by Crippen LogP contribution is -1.15. The predicted molar refractivity (Wildman–Crippen MR) is 38.0 cm³/mol. The fourth-order valence-electron chi connectivity index (χ4n) is 0. The average Bonchev–Trinajstić information content (AvgIpc) is 1.46. The number of hydrogen-bond acceptors (Lipinski definition) is 2. The van der Waals surface area contributed by atoms with Crippen LogP contribution in [0.5, 0.6) is 0 Å². The van der Waals surface area contributed by atoms with Crippen LogP contribution in [0.4, 0.5) is 0 Å². The Bertz CT molecular complexity index is 8.75. The van der Waals surface area contributed by atoms with Crippen molar-refractivity contribution in [2.45, 2.75) is 0 Å². The molecule has 0 fully saturated rings. The molecule has 0 saturated carbocycles. The Kier molecular flexibility index (Phi) is 81.4. The molecule has 0 heterocycles. The maximum absolute atomic E-state index is 4.33. The summed E-state index contributed by atoms with van der Waals surface area (Å²) >= 11 is 11.5. The van der Waals surface area contributed by atoms with Crippen LogP contribution in [0.25, 0.3) is 0 Å². The fourth-order valence-corrected chi connectivity index (χ4v) is 0. The van der Waals surface area contributed by atoms with Crippen LogP contribution >= 0.6 is 59.8 Å². The third kappa shape index (κ3) is 48.5. The van der Waals surface area contributed by atoms with Crippen molar-refractivity contribution in [1.82, 2.24) is 0 Å². The van der Waals surface area contributed by atoms with Crippen molar-refractivity contribution in [2.24, 2.45) is 0 Å². The largest absolute Gasteiger partial charge is 0.197 e. The van der Waals surface area contributed by atoms with Gasteiger partial charge in [-0.15, -0.1) is 0 Å². The topological polar surface area (TPSA) is 9.23 Å². The third-order valence-electron chi connectivity index (χ3n) is 0. The Hall–Kier alpha value is 1.53. The van der Waals surface area contributed by atoms with Crippen LogP contribution in [-0.2, 0) is 3.84 Å². The molecule has 0 aromatic carbocycles. The molecule has 1 nitrogen and oxygen atoms in total. The van der Waals surface area contributed by atoms with Gasteiger partial charge < -0.3 is 0 Å². The summed E-state index contributed by atoms with van der Waals surface area (Å²) in [5.41, 5.74) is 0. The SMILES string of the molecule is ClOCl.S.SCl. The van der Waals surface area contributed by atoms with Crippen molar-refractivity contribution < 1.29 is 3.84 Å². The minimum Gasteiger partial charge on any atom is -0.197 e. The summed E-state index contributed by atoms with van der Waals surface area (Å²) in [6.07, 6.45) is 0. The lowest BCUT2D eigenvalue weighted by atomic mass is 15.9. The molecule has 0 aliphatic heterocycles. The van der Waals surface area contributed by atoms with Crippen LogP contribution in [0.2, 0.25) is 0 Å². The molecule has 0 aromatic rings. The van der Waals surface area contributed by atoms with Crippen LogP contribution in [0.15, 0.2) is 0 Å². The van der Waals surface area contributed by atoms with E-state index in [0.717, 1.165) is 0 Å². The van der Waals surface area contributed by atoms with E-state index in [1.54, 1.807) is 0 Å². The summed E-state index contributed by atoms with van der Waals surface area (Å²) in [4.78, 5) is 0. The van der Waals surface area contributed by atoms with Gasteiger partial charge in [-0.05, 0) is 10.7 Å². The molecule has 0 unspecified atom stereocenters. The molecule has 0 radical (unpaired) electrons. The van der Waals surface area contributed by atoms with Crippen LogP contribution in [0.3, 0.4) is 0 Å². The van der Waals surface area contributed by atoms with Crippen molar-refractivity contribution in [3.8, 4) is 0 Å². The van der Waals surface area contributed by atoms with E-state index in [1.807, 2.05) is 0 Å². The first-order valence-corrected chi connectivity index (χ1v) is 2.45. The normalized spacial score (nSPS) is 4.00. The summed E-state index contributed by atoms with van der Waals surface area (Å²) in [5, 5.41) is 0. The van der Waals surface area contributed by atoms with Crippen LogP contribution < -0.4 is 0 Å². The summed E-state index contributed by atoms with van der Waals surface area (Å²) in [6.45, 7) is 0. The number of thiol groups is 1. The monoisotopic (exact) mass is 188 g/mol. The molecule has 0 saturated heterocycles. The smallest absolute Gasteiger partial charge is 0.0832 e. The highest BCUT2D eigenvalue weighted by Crippen LogP contribution is 1.78. The first kappa shape index (κ1) is 15.6. The van der Waals surface area contributed by atoms with Gasteiger partial charge in [-0.1, -0.05) is 11.8 Å². The first-order valence-electron chi connectivity index (χ1n) is 0.478. The summed E-state index contributed by atoms with van der Waals surface area (Å²) < 4.78 is 3.19. The molecule has 0 rings (SSSR count). The summed E-state index contributed by atoms with van der Waals surface area (Å²) in [6, 6.07) is 0. The van der Waals surface area contributed by atoms with Crippen LogP contribution in [0, 0.1) is 0 Å². The van der Waals surface area contributed by atoms with Crippen molar-refractivity contribution in [2.75, 3.05) is 0 Å². The van der Waals surface area contributed by atoms with E-state index in [9.17, 15) is 0 Å². The zero-order valence-corrected chi connectivity index (χ0v) is 6.65. The molecule has 6 heavy (non-hydrogen) atoms. The Labute approximate surface area is 63.6 Å². The molecule has 42 valence electrons. The van der Waals surface area contributed by atoms with Gasteiger partial charge in [0.2, 0.25) is 0 Å². The van der Waals surface area contributed by atoms with Crippen molar-refractivity contribution in [3.63, 3.8) is 0 Å². The van der Waals surface area contributed by atoms with E-state index in [0.29, 0.717) is 0 Å². The zero-order chi connectivity index (χ0) is 4.71. The first-order chi connectivity index (χ1) is 2.41. The second-order valence-corrected chi connectivity index (χ2v) is 0.525. The molecular formula is H3Cl3OS2. The minimum absolute atomic E-state index is 0. The number of rotatable bonds is 0. The van der Waals surface area contributed by atoms with Gasteiger partial charge in [0.1, 0.15) is 0 Å². The molecule has 0 aliphatic rings. The van der Waals surface area contributed by atoms with Gasteiger partial charge in [-0.3, -0.25) is 0 Å². The van der Waals surface area contributed by atoms with E-state index in [4.69, 9.17) is 0 Å². The molecule has 0 atom stereocenters. The number of hydrogen-bond donors (Lipinski definition) is 1. The standard InChI is InChI=1S/Cl2O.ClHS.H2S/c1-3-2;1-2;/h;2H;1H2. The third-order valence-corrected chi connectivity index (χ3v) is 0. The lowest BCUT2D eigenvalue weighted by Gasteiger charge is -1.46. The van der Waals surface area contributed by atoms with Gasteiger partial charge in [-0.25, -0.2) is 0 Å². The molecule has 0 aromatic heterocycles. The van der Waals surface area contributed by atoms with Crippen molar-refractivity contribution in [1.29, 1.82) is 0 Å². The molecule has 0 aliphatic carbocycles. The van der Waals surface area contributed by atoms with Gasteiger partial charge in [0.15, 0.2) is 0 Å². The Morgan fingerprint density at radius 2 is 1.17 bits per heavy atom. The maximum atomic E-state index is 4.33. The molecule has 0 amide bonds. The van der Waals surface area contributed by atoms with E-state index in [-0.39, 0.29) is 13.5 Å². The molecular weight excluding hydrogens is 186 g/mol. The van der Waals surface area contributed by atoms with Crippen LogP contribution in [-0.4, -0.2) is 0 Å². The highest BCUT2D eigenvalue weighted by Gasteiger charge is 1.38. The summed E-state index contributed by atoms with van der Waals surface area (Å²) in [5.74, 6) is 0. The lowest BCUT2D eigenvalue weighted by molar-refractivity contribution is 0.697. The summed E-state index contributed by atoms with van der Waals surface area (Å²) in [7, 11) is 4.33. The molecule has 6 heteroatoms. The molecule has 0 N–H and O–H groups in total. The highest BCUT2D eigenvalue weighted by atomic mass is 35.7. The highest BCUT2D eigenvalue weighted by molar-refractivity contribution is 8.05. The average molecular weight is 190 g/mol. The molecule has 0 spiro atoms. The van der Waals surface area contributed by atoms with Crippen LogP contribution in [0.1, 0.15) is 0 Å². The van der Waals surface area contributed by atoms with Gasteiger partial charge in [0.05, 0.1) is 23.7 Å². The van der Waals surface area contributed by atoms with Gasteiger partial charge >= 0.3 is 0 Å². The van der Waals surface area contributed by atoms with Gasteiger partial charge in [0, 0.05) is 0 Å². The quantitative estimate of drug-likeness (QED) is 0.576. The Morgan fingerprint density at radius 1 is 1.17 bits per heavy atom. The van der Waals surface area contributed by atoms with E-state index in [2.05, 4.69) is 50.1 Å². The second-order valence-electron chi connectivity index (χ2n) is 0.0583. The maximum Gasteiger partial charge on any atom is 0.0832 e. The van der Waals surface area contributed by atoms with E-state index >= 15 is 0 Å². The van der Waals surface area contributed by atoms with Crippen molar-refractivity contribution in [3.05, 3.63) is 0 Å². The zero-order valence-electron chi connectivity index (χ0n) is 2.49. The van der Waals surface area contributed by atoms with E-state index < -0.39 is 0 Å². The predicted octanol–water partition coefficient (Wildman–Crippen LogP) is 2.49. The second kappa shape index (κ2) is 31.2. The fraction of sp³-hybridized carbons (Fsp3) is 0. The number of halogens is 3. The Balaban J connectivity index is -0.0000000275. The Morgan fingerprint density at radius 3 is 1.17 bits per heavy atom. The van der Waals surface area contributed by atoms with Gasteiger partial charge in [0.25, 0.3) is 0 Å². The minimum atomic E-state index is 0. The molecule has 0 bridgehead atoms. The van der Waals surface area contributed by atoms with Crippen molar-refractivity contribution >= 4 is 59.8 Å².